The van der Waals surface area contributed by atoms with Gasteiger partial charge in [0.1, 0.15) is 33.1 Å². The fourth-order valence-electron chi connectivity index (χ4n) is 15.8. The van der Waals surface area contributed by atoms with Gasteiger partial charge in [-0.3, -0.25) is 37.4 Å². The number of nitrogens with one attached hydrogen (secondary N) is 12. The molecule has 0 aliphatic carbocycles. The zero-order valence-corrected chi connectivity index (χ0v) is 86.4. The first-order valence-corrected chi connectivity index (χ1v) is 50.8. The molecule has 0 amide bonds. The first-order valence-electron chi connectivity index (χ1n) is 50.8. The van der Waals surface area contributed by atoms with Crippen LogP contribution in [0.15, 0.2) is 162 Å². The molecule has 14 heterocycles. The number of aryl methyl sites for hydroxylation is 6. The lowest BCUT2D eigenvalue weighted by Crippen LogP contribution is -2.18. The number of anilines is 12. The second-order valence-electron chi connectivity index (χ2n) is 35.9. The van der Waals surface area contributed by atoms with Crippen LogP contribution in [-0.4, -0.2) is 166 Å². The lowest BCUT2D eigenvalue weighted by atomic mass is 10.1. The van der Waals surface area contributed by atoms with Gasteiger partial charge in [0.15, 0.2) is 68.8 Å². The van der Waals surface area contributed by atoms with Crippen LogP contribution in [-0.2, 0) is 65.0 Å². The van der Waals surface area contributed by atoms with Crippen molar-refractivity contribution in [1.29, 1.82) is 0 Å². The van der Waals surface area contributed by atoms with Crippen molar-refractivity contribution in [3.8, 4) is 0 Å². The van der Waals surface area contributed by atoms with Crippen molar-refractivity contribution in [2.24, 2.45) is 0 Å². The number of imidazole rings is 6. The maximum atomic E-state index is 12.4. The van der Waals surface area contributed by atoms with Crippen LogP contribution in [0.1, 0.15) is 213 Å². The Hall–Kier alpha value is -17.1. The van der Waals surface area contributed by atoms with Gasteiger partial charge in [-0.25, -0.2) is 28.8 Å². The van der Waals surface area contributed by atoms with Gasteiger partial charge < -0.3 is 96.2 Å². The summed E-state index contributed by atoms with van der Waals surface area (Å²) in [5.41, 5.74) is 53.3. The molecule has 18 rings (SSSR count). The molecular formula is C104H138N38O6. The van der Waals surface area contributed by atoms with Crippen molar-refractivity contribution in [3.05, 3.63) is 264 Å². The van der Waals surface area contributed by atoms with Crippen LogP contribution in [0, 0.1) is 13.8 Å². The molecule has 0 atom stereocenters. The van der Waals surface area contributed by atoms with Gasteiger partial charge in [0.2, 0.25) is 35.7 Å². The molecule has 0 saturated heterocycles. The monoisotopic (exact) mass is 2020 g/mol. The van der Waals surface area contributed by atoms with Gasteiger partial charge in [-0.15, -0.1) is 0 Å². The number of rotatable bonds is 40. The molecule has 18 aromatic rings. The zero-order valence-electron chi connectivity index (χ0n) is 86.4. The fourth-order valence-corrected chi connectivity index (χ4v) is 15.8. The second-order valence-corrected chi connectivity index (χ2v) is 35.9. The number of aromatic amines is 6. The normalized spacial score (nSPS) is 11.1. The summed E-state index contributed by atoms with van der Waals surface area (Å²) >= 11 is 0. The number of pyridine rings is 2. The third-order valence-electron chi connectivity index (χ3n) is 24.5. The van der Waals surface area contributed by atoms with E-state index in [1.54, 1.807) is 39.8 Å². The van der Waals surface area contributed by atoms with Crippen LogP contribution in [0.3, 0.4) is 0 Å². The summed E-state index contributed by atoms with van der Waals surface area (Å²) in [6, 6.07) is 40.6. The maximum Gasteiger partial charge on any atom is 0.328 e. The molecule has 0 aliphatic rings. The van der Waals surface area contributed by atoms with Crippen LogP contribution >= 0.6 is 0 Å². The van der Waals surface area contributed by atoms with Crippen LogP contribution < -0.4 is 100 Å². The Morgan fingerprint density at radius 3 is 0.622 bits per heavy atom. The van der Waals surface area contributed by atoms with Gasteiger partial charge in [-0.2, -0.15) is 59.8 Å². The Morgan fingerprint density at radius 1 is 0.236 bits per heavy atom. The predicted molar refractivity (Wildman–Crippen MR) is 592 cm³/mol. The summed E-state index contributed by atoms with van der Waals surface area (Å²) < 4.78 is 9.49. The number of nitrogens with two attached hydrogens (primary N) is 6. The van der Waals surface area contributed by atoms with Gasteiger partial charge in [0.05, 0.1) is 39.3 Å². The number of hydrogen-bond acceptors (Lipinski definition) is 32. The minimum Gasteiger partial charge on any atom is -0.382 e. The van der Waals surface area contributed by atoms with Crippen molar-refractivity contribution in [2.75, 3.05) is 106 Å². The van der Waals surface area contributed by atoms with E-state index >= 15 is 0 Å². The molecule has 0 unspecified atom stereocenters. The molecule has 24 N–H and O–H groups in total. The molecule has 148 heavy (non-hydrogen) atoms. The van der Waals surface area contributed by atoms with Gasteiger partial charge in [0, 0.05) is 63.1 Å². The highest BCUT2D eigenvalue weighted by Crippen LogP contribution is 2.27. The first-order chi connectivity index (χ1) is 71.6. The van der Waals surface area contributed by atoms with E-state index in [0.29, 0.717) is 142 Å². The van der Waals surface area contributed by atoms with E-state index in [9.17, 15) is 28.8 Å². The van der Waals surface area contributed by atoms with Crippen LogP contribution in [0.25, 0.3) is 67.0 Å². The zero-order chi connectivity index (χ0) is 105. The Bertz CT molecular complexity index is 7300. The Labute approximate surface area is 854 Å². The average molecular weight is 2020 g/mol. The van der Waals surface area contributed by atoms with Gasteiger partial charge >= 0.3 is 34.1 Å². The van der Waals surface area contributed by atoms with E-state index in [2.05, 4.69) is 249 Å². The Kier molecular flexibility index (Phi) is 38.3. The van der Waals surface area contributed by atoms with Gasteiger partial charge in [0.25, 0.3) is 0 Å². The molecule has 0 aliphatic heterocycles. The van der Waals surface area contributed by atoms with Crippen molar-refractivity contribution in [1.82, 2.24) is 127 Å². The van der Waals surface area contributed by atoms with E-state index in [1.165, 1.54) is 22.3 Å². The van der Waals surface area contributed by atoms with Crippen molar-refractivity contribution in [3.63, 3.8) is 0 Å². The summed E-state index contributed by atoms with van der Waals surface area (Å²) in [6.07, 6.45) is 20.0. The van der Waals surface area contributed by atoms with E-state index in [1.807, 2.05) is 86.6 Å². The number of unbranched alkanes of at least 4 members (excludes halogenated alkanes) is 6. The molecule has 0 spiro atoms. The third-order valence-corrected chi connectivity index (χ3v) is 24.5. The number of nitrogen functional groups attached to an aromatic ring is 6. The van der Waals surface area contributed by atoms with E-state index in [0.717, 1.165) is 187 Å². The Balaban J connectivity index is 0.000000148. The second kappa shape index (κ2) is 52.4. The molecule has 0 radical (unpaired) electrons. The molecule has 0 bridgehead atoms. The van der Waals surface area contributed by atoms with Crippen LogP contribution in [0.4, 0.5) is 70.6 Å². The Morgan fingerprint density at radius 2 is 0.426 bits per heavy atom. The number of fused-ring (bicyclic) bond motifs is 6. The molecule has 44 heteroatoms. The van der Waals surface area contributed by atoms with Crippen LogP contribution in [0.2, 0.25) is 0 Å². The van der Waals surface area contributed by atoms with E-state index in [4.69, 9.17) is 34.4 Å². The quantitative estimate of drug-likeness (QED) is 0.0159. The SMILES string of the molecule is CCCCNc1nc(N)c2[nH]c(=O)n(Cc3ccc(C)nc3)c2n1.CCCCNc1nc(N)c2[nH]c(=O)n(Cc3ccc(C)nc3)c2n1.CCCCNc1nc(N)c2[nH]c(=O)n(Cc3ccc(CC)cc3)c2n1.CCCCNc1nc(N)c2[nH]c(=O)n(Cc3ccc(CC)cc3)c2n1.CCCCNc1nc(N)c2[nH]c(=O)n(Cc3ccc(CC)cc3)c2n1.CCCCNc1nc(N)c2[nH]c(=O)n(Cc3cccc(CC)c3)c2n1. The summed E-state index contributed by atoms with van der Waals surface area (Å²) in [5.74, 6) is 4.31. The molecule has 44 nitrogen and oxygen atoms in total. The number of hydrogen-bond donors (Lipinski definition) is 18. The number of aromatic nitrogens is 26. The van der Waals surface area contributed by atoms with Crippen molar-refractivity contribution < 1.29 is 0 Å². The van der Waals surface area contributed by atoms with Gasteiger partial charge in [-0.1, -0.05) is 217 Å². The third kappa shape index (κ3) is 28.3. The van der Waals surface area contributed by atoms with Crippen molar-refractivity contribution in [2.45, 2.75) is 225 Å². The minimum absolute atomic E-state index is 0.233. The standard InChI is InChI=1S/4C18H24N6O.2C16H21N7O/c3*1-3-5-10-20-17-22-15(19)14-16(23-17)24(18(25)21-14)11-13-8-6-12(4-2)7-9-13;1-3-5-9-20-17-22-15(19)14-16(23-17)24(18(25)21-14)11-13-8-6-7-12(4-2)10-13;2*1-3-4-7-18-15-21-13(17)12-14(22-15)23(16(24)20-12)9-11-6-5-10(2)19-8-11/h3*6-9H,3-5,10-11H2,1-2H3,(H,21,25)(H3,19,20,22,23);6-8,10H,3-5,9,11H2,1-2H3,(H,21,25)(H3,19,20,22,23);2*5-6,8H,3-4,7,9H2,1-2H3,(H,20,24)(H3,17,18,21,22). The molecule has 0 saturated carbocycles. The predicted octanol–water partition coefficient (Wildman–Crippen LogP) is 13.4. The van der Waals surface area contributed by atoms with Crippen LogP contribution in [0.5, 0.6) is 0 Å². The maximum absolute atomic E-state index is 12.4. The summed E-state index contributed by atoms with van der Waals surface area (Å²) in [6.45, 7) is 32.1. The molecule has 4 aromatic carbocycles. The topological polar surface area (TPSA) is 635 Å². The van der Waals surface area contributed by atoms with E-state index < -0.39 is 0 Å². The highest BCUT2D eigenvalue weighted by molar-refractivity contribution is 5.87. The summed E-state index contributed by atoms with van der Waals surface area (Å²) in [4.78, 5) is 151. The number of H-pyrrole nitrogens is 6. The fraction of sp³-hybridized carbons (Fsp3) is 0.385. The highest BCUT2D eigenvalue weighted by Gasteiger charge is 2.23. The molecular weight excluding hydrogens is 1880 g/mol. The van der Waals surface area contributed by atoms with E-state index in [-0.39, 0.29) is 69.0 Å². The minimum atomic E-state index is -0.266. The lowest BCUT2D eigenvalue weighted by molar-refractivity contribution is 0.772. The molecule has 780 valence electrons. The molecule has 0 fully saturated rings. The first kappa shape index (κ1) is 108. The van der Waals surface area contributed by atoms with Gasteiger partial charge in [-0.05, 0) is 146 Å². The number of benzene rings is 4. The number of nitrogens with zero attached hydrogens (tertiary/aromatic N) is 20. The summed E-state index contributed by atoms with van der Waals surface area (Å²) in [5, 5.41) is 18.9. The smallest absolute Gasteiger partial charge is 0.328 e. The average Bonchev–Trinajstić information content (AvgIpc) is 1.66. The van der Waals surface area contributed by atoms with Crippen molar-refractivity contribution >= 4 is 138 Å². The lowest BCUT2D eigenvalue weighted by Gasteiger charge is -2.08. The largest absolute Gasteiger partial charge is 0.382 e. The molecule has 14 aromatic heterocycles. The highest BCUT2D eigenvalue weighted by atomic mass is 16.2. The summed E-state index contributed by atoms with van der Waals surface area (Å²) in [7, 11) is 0.